The summed E-state index contributed by atoms with van der Waals surface area (Å²) >= 11 is 8.97. The molecule has 0 fully saturated rings. The van der Waals surface area contributed by atoms with Crippen molar-refractivity contribution in [2.24, 2.45) is 5.41 Å². The highest BCUT2D eigenvalue weighted by molar-refractivity contribution is 9.10. The molecule has 0 aliphatic rings. The molecule has 1 aromatic carbocycles. The first-order valence-corrected chi connectivity index (χ1v) is 5.63. The molecule has 0 saturated heterocycles. The van der Waals surface area contributed by atoms with Gasteiger partial charge in [-0.1, -0.05) is 32.4 Å². The van der Waals surface area contributed by atoms with Crippen LogP contribution < -0.4 is 0 Å². The lowest BCUT2D eigenvalue weighted by molar-refractivity contribution is 0.0855. The van der Waals surface area contributed by atoms with Gasteiger partial charge in [-0.3, -0.25) is 4.79 Å². The van der Waals surface area contributed by atoms with Crippen LogP contribution in [0.15, 0.2) is 16.6 Å². The van der Waals surface area contributed by atoms with Gasteiger partial charge in [0.1, 0.15) is 5.75 Å². The lowest BCUT2D eigenvalue weighted by Gasteiger charge is -2.18. The lowest BCUT2D eigenvalue weighted by Crippen LogP contribution is -2.20. The molecule has 0 saturated carbocycles. The second-order valence-electron chi connectivity index (χ2n) is 4.36. The second kappa shape index (κ2) is 4.14. The number of hydrogen-bond donors (Lipinski definition) is 1. The van der Waals surface area contributed by atoms with Crippen LogP contribution in [0.4, 0.5) is 0 Å². The van der Waals surface area contributed by atoms with E-state index < -0.39 is 5.41 Å². The van der Waals surface area contributed by atoms with Crippen molar-refractivity contribution in [2.75, 3.05) is 0 Å². The van der Waals surface area contributed by atoms with Crippen LogP contribution in [0.2, 0.25) is 5.02 Å². The summed E-state index contributed by atoms with van der Waals surface area (Å²) < 4.78 is 0.433. The third-order valence-electron chi connectivity index (χ3n) is 1.95. The third-order valence-corrected chi connectivity index (χ3v) is 2.78. The second-order valence-corrected chi connectivity index (χ2v) is 5.65. The van der Waals surface area contributed by atoms with E-state index in [0.29, 0.717) is 9.50 Å². The molecule has 0 amide bonds. The van der Waals surface area contributed by atoms with Crippen molar-refractivity contribution in [3.63, 3.8) is 0 Å². The Labute approximate surface area is 102 Å². The number of hydrogen-bond acceptors (Lipinski definition) is 2. The van der Waals surface area contributed by atoms with Gasteiger partial charge in [0.2, 0.25) is 0 Å². The van der Waals surface area contributed by atoms with Gasteiger partial charge in [0.25, 0.3) is 0 Å². The van der Waals surface area contributed by atoms with Gasteiger partial charge in [0, 0.05) is 10.4 Å². The fraction of sp³-hybridized carbons (Fsp3) is 0.364. The summed E-state index contributed by atoms with van der Waals surface area (Å²) in [6.45, 7) is 5.39. The quantitative estimate of drug-likeness (QED) is 0.793. The monoisotopic (exact) mass is 290 g/mol. The molecule has 4 heteroatoms. The van der Waals surface area contributed by atoms with Crippen molar-refractivity contribution in [2.45, 2.75) is 20.8 Å². The van der Waals surface area contributed by atoms with Crippen LogP contribution in [0.1, 0.15) is 31.1 Å². The Bertz CT molecular complexity index is 408. The largest absolute Gasteiger partial charge is 0.506 e. The van der Waals surface area contributed by atoms with E-state index in [1.54, 1.807) is 26.8 Å². The average Bonchev–Trinajstić information content (AvgIpc) is 2.08. The van der Waals surface area contributed by atoms with Crippen LogP contribution in [0, 0.1) is 5.41 Å². The Morgan fingerprint density at radius 3 is 2.40 bits per heavy atom. The number of rotatable bonds is 1. The first kappa shape index (κ1) is 12.5. The highest BCUT2D eigenvalue weighted by Gasteiger charge is 2.26. The molecule has 0 heterocycles. The minimum absolute atomic E-state index is 0.0562. The number of phenolic OH excluding ortho intramolecular Hbond substituents is 1. The Balaban J connectivity index is 3.32. The molecule has 0 bridgehead atoms. The predicted molar refractivity (Wildman–Crippen MR) is 64.6 cm³/mol. The number of benzene rings is 1. The first-order chi connectivity index (χ1) is 6.73. The zero-order valence-electron chi connectivity index (χ0n) is 8.77. The number of carbonyl (C=O) groups excluding carboxylic acids is 1. The molecular weight excluding hydrogens is 279 g/mol. The van der Waals surface area contributed by atoms with E-state index in [1.807, 2.05) is 0 Å². The minimum atomic E-state index is -0.540. The van der Waals surface area contributed by atoms with Crippen molar-refractivity contribution in [3.05, 3.63) is 27.2 Å². The zero-order valence-corrected chi connectivity index (χ0v) is 11.1. The minimum Gasteiger partial charge on any atom is -0.506 e. The standard InChI is InChI=1S/C11H12BrClO2/c1-11(2,3)10(15)7-4-6(13)5-8(12)9(7)14/h4-5,14H,1-3H3. The fourth-order valence-corrected chi connectivity index (χ4v) is 1.95. The number of Topliss-reactive ketones (excluding diaryl/α,β-unsaturated/α-hetero) is 1. The average molecular weight is 292 g/mol. The maximum absolute atomic E-state index is 12.0. The SMILES string of the molecule is CC(C)(C)C(=O)c1cc(Cl)cc(Br)c1O. The van der Waals surface area contributed by atoms with Crippen LogP contribution in [0.3, 0.4) is 0 Å². The summed E-state index contributed by atoms with van der Waals surface area (Å²) in [6.07, 6.45) is 0. The molecule has 2 nitrogen and oxygen atoms in total. The molecule has 1 aromatic rings. The molecule has 0 aromatic heterocycles. The van der Waals surface area contributed by atoms with E-state index in [0.717, 1.165) is 0 Å². The molecule has 1 N–H and O–H groups in total. The molecule has 0 spiro atoms. The molecule has 15 heavy (non-hydrogen) atoms. The van der Waals surface area contributed by atoms with Crippen LogP contribution in [-0.4, -0.2) is 10.9 Å². The summed E-state index contributed by atoms with van der Waals surface area (Å²) in [5, 5.41) is 10.2. The van der Waals surface area contributed by atoms with E-state index in [9.17, 15) is 9.90 Å². The van der Waals surface area contributed by atoms with Gasteiger partial charge in [0.15, 0.2) is 5.78 Å². The van der Waals surface area contributed by atoms with Crippen LogP contribution >= 0.6 is 27.5 Å². The van der Waals surface area contributed by atoms with Crippen molar-refractivity contribution in [1.82, 2.24) is 0 Å². The molecule has 82 valence electrons. The van der Waals surface area contributed by atoms with Crippen molar-refractivity contribution in [1.29, 1.82) is 0 Å². The number of halogens is 2. The number of ketones is 1. The van der Waals surface area contributed by atoms with Gasteiger partial charge in [-0.2, -0.15) is 0 Å². The summed E-state index contributed by atoms with van der Waals surface area (Å²) in [7, 11) is 0. The Morgan fingerprint density at radius 1 is 1.40 bits per heavy atom. The van der Waals surface area contributed by atoms with Crippen molar-refractivity contribution in [3.8, 4) is 5.75 Å². The highest BCUT2D eigenvalue weighted by Crippen LogP contribution is 2.35. The van der Waals surface area contributed by atoms with E-state index in [2.05, 4.69) is 15.9 Å². The van der Waals surface area contributed by atoms with Crippen molar-refractivity contribution >= 4 is 33.3 Å². The van der Waals surface area contributed by atoms with Crippen molar-refractivity contribution < 1.29 is 9.90 Å². The molecule has 0 aliphatic heterocycles. The van der Waals surface area contributed by atoms with E-state index >= 15 is 0 Å². The zero-order chi connectivity index (χ0) is 11.8. The summed E-state index contributed by atoms with van der Waals surface area (Å²) in [5.74, 6) is -0.192. The molecule has 0 unspecified atom stereocenters. The third kappa shape index (κ3) is 2.73. The summed E-state index contributed by atoms with van der Waals surface area (Å²) in [5.41, 5.74) is -0.288. The van der Waals surface area contributed by atoms with E-state index in [1.165, 1.54) is 6.07 Å². The van der Waals surface area contributed by atoms with Gasteiger partial charge in [-0.15, -0.1) is 0 Å². The van der Waals surface area contributed by atoms with Crippen LogP contribution in [0.5, 0.6) is 5.75 Å². The molecule has 0 atom stereocenters. The van der Waals surface area contributed by atoms with Gasteiger partial charge < -0.3 is 5.11 Å². The maximum atomic E-state index is 12.0. The summed E-state index contributed by atoms with van der Waals surface area (Å²) in [6, 6.07) is 3.03. The van der Waals surface area contributed by atoms with Crippen LogP contribution in [-0.2, 0) is 0 Å². The van der Waals surface area contributed by atoms with Gasteiger partial charge in [-0.25, -0.2) is 0 Å². The van der Waals surface area contributed by atoms with Crippen LogP contribution in [0.25, 0.3) is 0 Å². The molecule has 0 aliphatic carbocycles. The van der Waals surface area contributed by atoms with Gasteiger partial charge in [-0.05, 0) is 28.1 Å². The van der Waals surface area contributed by atoms with E-state index in [4.69, 9.17) is 11.6 Å². The Hall–Kier alpha value is -0.540. The highest BCUT2D eigenvalue weighted by atomic mass is 79.9. The van der Waals surface area contributed by atoms with Gasteiger partial charge in [0.05, 0.1) is 10.0 Å². The maximum Gasteiger partial charge on any atom is 0.171 e. The first-order valence-electron chi connectivity index (χ1n) is 4.46. The smallest absolute Gasteiger partial charge is 0.171 e. The Morgan fingerprint density at radius 2 is 1.93 bits per heavy atom. The lowest BCUT2D eigenvalue weighted by atomic mass is 9.86. The number of phenols is 1. The topological polar surface area (TPSA) is 37.3 Å². The Kier molecular flexibility index (Phi) is 3.46. The predicted octanol–water partition coefficient (Wildman–Crippen LogP) is 4.04. The molecule has 1 rings (SSSR count). The van der Waals surface area contributed by atoms with E-state index in [-0.39, 0.29) is 17.1 Å². The summed E-state index contributed by atoms with van der Waals surface area (Å²) in [4.78, 5) is 12.0. The molecular formula is C11H12BrClO2. The normalized spacial score (nSPS) is 11.5. The number of aromatic hydroxyl groups is 1. The van der Waals surface area contributed by atoms with Gasteiger partial charge >= 0.3 is 0 Å². The fourth-order valence-electron chi connectivity index (χ4n) is 1.14. The number of carbonyl (C=O) groups is 1. The molecule has 0 radical (unpaired) electrons.